The molecule has 0 radical (unpaired) electrons. The van der Waals surface area contributed by atoms with Crippen LogP contribution in [0.4, 0.5) is 0 Å². The van der Waals surface area contributed by atoms with Gasteiger partial charge in [0, 0.05) is 6.07 Å². The molecule has 6 heteroatoms. The summed E-state index contributed by atoms with van der Waals surface area (Å²) in [5.41, 5.74) is 0.0840. The highest BCUT2D eigenvalue weighted by Crippen LogP contribution is 2.48. The van der Waals surface area contributed by atoms with Crippen LogP contribution in [0.25, 0.3) is 0 Å². The van der Waals surface area contributed by atoms with E-state index < -0.39 is 0 Å². The van der Waals surface area contributed by atoms with Crippen molar-refractivity contribution in [2.75, 3.05) is 20.5 Å². The number of methoxy groups -OCH3 is 1. The Hall–Kier alpha value is -2.11. The molecule has 102 valence electrons. The SMILES string of the molecule is COc1cc2c(c(O)c1C1=NC(C)(C)CO1)OCO2. The lowest BCUT2D eigenvalue weighted by Gasteiger charge is -2.11. The molecule has 2 aliphatic rings. The van der Waals surface area contributed by atoms with E-state index in [1.165, 1.54) is 7.11 Å². The second kappa shape index (κ2) is 3.94. The van der Waals surface area contributed by atoms with E-state index in [0.717, 1.165) is 0 Å². The Morgan fingerprint density at radius 2 is 2.11 bits per heavy atom. The van der Waals surface area contributed by atoms with Crippen molar-refractivity contribution >= 4 is 5.90 Å². The van der Waals surface area contributed by atoms with Crippen molar-refractivity contribution in [3.05, 3.63) is 11.6 Å². The molecule has 1 aromatic carbocycles. The second-order valence-electron chi connectivity index (χ2n) is 5.05. The van der Waals surface area contributed by atoms with Crippen LogP contribution in [0.2, 0.25) is 0 Å². The first kappa shape index (κ1) is 12.0. The molecule has 6 nitrogen and oxygen atoms in total. The maximum Gasteiger partial charge on any atom is 0.231 e. The Bertz CT molecular complexity index is 565. The van der Waals surface area contributed by atoms with Crippen LogP contribution in [0.5, 0.6) is 23.0 Å². The molecule has 1 N–H and O–H groups in total. The Morgan fingerprint density at radius 1 is 1.32 bits per heavy atom. The van der Waals surface area contributed by atoms with Gasteiger partial charge < -0.3 is 24.1 Å². The van der Waals surface area contributed by atoms with Gasteiger partial charge in [0.25, 0.3) is 0 Å². The number of nitrogens with zero attached hydrogens (tertiary/aromatic N) is 1. The highest BCUT2D eigenvalue weighted by molar-refractivity contribution is 6.02. The summed E-state index contributed by atoms with van der Waals surface area (Å²) in [6.45, 7) is 4.45. The second-order valence-corrected chi connectivity index (χ2v) is 5.05. The van der Waals surface area contributed by atoms with Gasteiger partial charge in [-0.15, -0.1) is 0 Å². The summed E-state index contributed by atoms with van der Waals surface area (Å²) < 4.78 is 21.3. The number of fused-ring (bicyclic) bond motifs is 1. The third kappa shape index (κ3) is 1.83. The standard InChI is InChI=1S/C13H15NO5/c1-13(2)5-17-12(14-13)9-7(16-3)4-8-11(10(9)15)19-6-18-8/h4,15H,5-6H2,1-3H3. The minimum absolute atomic E-state index is 0.0664. The molecular weight excluding hydrogens is 250 g/mol. The van der Waals surface area contributed by atoms with Gasteiger partial charge in [-0.1, -0.05) is 0 Å². The first-order valence-electron chi connectivity index (χ1n) is 5.94. The number of ether oxygens (including phenoxy) is 4. The molecule has 2 heterocycles. The number of aromatic hydroxyl groups is 1. The molecule has 2 aliphatic heterocycles. The van der Waals surface area contributed by atoms with E-state index in [1.54, 1.807) is 6.07 Å². The minimum Gasteiger partial charge on any atom is -0.504 e. The number of hydrogen-bond acceptors (Lipinski definition) is 6. The van der Waals surface area contributed by atoms with E-state index in [1.807, 2.05) is 13.8 Å². The lowest BCUT2D eigenvalue weighted by molar-refractivity contribution is 0.171. The number of hydrogen-bond donors (Lipinski definition) is 1. The summed E-state index contributed by atoms with van der Waals surface area (Å²) in [6.07, 6.45) is 0. The molecule has 19 heavy (non-hydrogen) atoms. The number of phenols is 1. The largest absolute Gasteiger partial charge is 0.504 e. The predicted molar refractivity (Wildman–Crippen MR) is 67.3 cm³/mol. The van der Waals surface area contributed by atoms with E-state index >= 15 is 0 Å². The van der Waals surface area contributed by atoms with Gasteiger partial charge in [-0.05, 0) is 13.8 Å². The van der Waals surface area contributed by atoms with E-state index in [0.29, 0.717) is 35.3 Å². The fourth-order valence-corrected chi connectivity index (χ4v) is 2.08. The molecule has 0 aromatic heterocycles. The Labute approximate surface area is 110 Å². The van der Waals surface area contributed by atoms with Crippen molar-refractivity contribution in [2.24, 2.45) is 4.99 Å². The third-order valence-corrected chi connectivity index (χ3v) is 3.00. The van der Waals surface area contributed by atoms with Gasteiger partial charge in [-0.2, -0.15) is 0 Å². The van der Waals surface area contributed by atoms with Crippen molar-refractivity contribution < 1.29 is 24.1 Å². The third-order valence-electron chi connectivity index (χ3n) is 3.00. The van der Waals surface area contributed by atoms with Crippen LogP contribution in [0.15, 0.2) is 11.1 Å². The molecule has 0 bridgehead atoms. The Morgan fingerprint density at radius 3 is 2.74 bits per heavy atom. The van der Waals surface area contributed by atoms with Gasteiger partial charge in [0.15, 0.2) is 11.5 Å². The smallest absolute Gasteiger partial charge is 0.231 e. The van der Waals surface area contributed by atoms with Gasteiger partial charge in [0.2, 0.25) is 18.4 Å². The van der Waals surface area contributed by atoms with Crippen molar-refractivity contribution in [1.82, 2.24) is 0 Å². The molecule has 0 fully saturated rings. The van der Waals surface area contributed by atoms with Crippen LogP contribution in [0.1, 0.15) is 19.4 Å². The maximum atomic E-state index is 10.3. The summed E-state index contributed by atoms with van der Waals surface area (Å²) >= 11 is 0. The first-order valence-corrected chi connectivity index (χ1v) is 5.94. The highest BCUT2D eigenvalue weighted by Gasteiger charge is 2.34. The summed E-state index contributed by atoms with van der Waals surface area (Å²) in [4.78, 5) is 4.44. The zero-order valence-corrected chi connectivity index (χ0v) is 11.0. The summed E-state index contributed by atoms with van der Waals surface area (Å²) in [6, 6.07) is 1.66. The molecule has 0 unspecified atom stereocenters. The fourth-order valence-electron chi connectivity index (χ4n) is 2.08. The molecule has 0 atom stereocenters. The lowest BCUT2D eigenvalue weighted by Crippen LogP contribution is -2.17. The average Bonchev–Trinajstić information content (AvgIpc) is 2.95. The topological polar surface area (TPSA) is 69.5 Å². The molecule has 0 saturated carbocycles. The molecule has 0 spiro atoms. The monoisotopic (exact) mass is 265 g/mol. The fraction of sp³-hybridized carbons (Fsp3) is 0.462. The lowest BCUT2D eigenvalue weighted by atomic mass is 10.1. The average molecular weight is 265 g/mol. The van der Waals surface area contributed by atoms with Gasteiger partial charge in [-0.25, -0.2) is 4.99 Å². The van der Waals surface area contributed by atoms with Gasteiger partial charge >= 0.3 is 0 Å². The van der Waals surface area contributed by atoms with E-state index in [4.69, 9.17) is 18.9 Å². The number of benzene rings is 1. The molecule has 0 saturated heterocycles. The van der Waals surface area contributed by atoms with Crippen LogP contribution in [-0.4, -0.2) is 37.1 Å². The van der Waals surface area contributed by atoms with Gasteiger partial charge in [0.1, 0.15) is 17.9 Å². The van der Waals surface area contributed by atoms with Crippen molar-refractivity contribution in [2.45, 2.75) is 19.4 Å². The van der Waals surface area contributed by atoms with Crippen molar-refractivity contribution in [1.29, 1.82) is 0 Å². The number of phenolic OH excluding ortho intramolecular Hbond substituents is 1. The molecule has 1 aromatic rings. The van der Waals surface area contributed by atoms with E-state index in [9.17, 15) is 5.11 Å². The predicted octanol–water partition coefficient (Wildman–Crippen LogP) is 1.68. The van der Waals surface area contributed by atoms with Crippen molar-refractivity contribution in [3.63, 3.8) is 0 Å². The van der Waals surface area contributed by atoms with E-state index in [-0.39, 0.29) is 18.1 Å². The quantitative estimate of drug-likeness (QED) is 0.881. The molecule has 3 rings (SSSR count). The Balaban J connectivity index is 2.16. The zero-order valence-electron chi connectivity index (χ0n) is 11.0. The van der Waals surface area contributed by atoms with Crippen molar-refractivity contribution in [3.8, 4) is 23.0 Å². The van der Waals surface area contributed by atoms with Crippen LogP contribution in [-0.2, 0) is 4.74 Å². The Kier molecular flexibility index (Phi) is 2.48. The minimum atomic E-state index is -0.316. The van der Waals surface area contributed by atoms with Crippen LogP contribution < -0.4 is 14.2 Å². The van der Waals surface area contributed by atoms with Gasteiger partial charge in [0.05, 0.1) is 12.6 Å². The summed E-state index contributed by atoms with van der Waals surface area (Å²) in [5, 5.41) is 10.3. The van der Waals surface area contributed by atoms with Crippen LogP contribution in [0.3, 0.4) is 0 Å². The van der Waals surface area contributed by atoms with Crippen LogP contribution in [0, 0.1) is 0 Å². The van der Waals surface area contributed by atoms with E-state index in [2.05, 4.69) is 4.99 Å². The van der Waals surface area contributed by atoms with Gasteiger partial charge in [-0.3, -0.25) is 0 Å². The normalized spacial score (nSPS) is 19.0. The zero-order chi connectivity index (χ0) is 13.6. The number of rotatable bonds is 2. The highest BCUT2D eigenvalue weighted by atomic mass is 16.7. The summed E-state index contributed by atoms with van der Waals surface area (Å²) in [5.74, 6) is 1.49. The molecular formula is C13H15NO5. The van der Waals surface area contributed by atoms with Crippen LogP contribution >= 0.6 is 0 Å². The maximum absolute atomic E-state index is 10.3. The number of aliphatic imine (C=N–C) groups is 1. The summed E-state index contributed by atoms with van der Waals surface area (Å²) in [7, 11) is 1.52. The molecule has 0 aliphatic carbocycles. The molecule has 0 amide bonds. The first-order chi connectivity index (χ1) is 9.02.